The van der Waals surface area contributed by atoms with Gasteiger partial charge in [-0.15, -0.1) is 11.8 Å². The Morgan fingerprint density at radius 1 is 1.50 bits per heavy atom. The molecule has 1 aliphatic rings. The molecular weight excluding hydrogens is 216 g/mol. The molecule has 2 nitrogen and oxygen atoms in total. The van der Waals surface area contributed by atoms with Crippen LogP contribution in [-0.2, 0) is 9.59 Å². The minimum Gasteiger partial charge on any atom is -0.300 e. The molecule has 0 aromatic rings. The maximum absolute atomic E-state index is 11.5. The van der Waals surface area contributed by atoms with Crippen molar-refractivity contribution in [3.05, 3.63) is 0 Å². The van der Waals surface area contributed by atoms with Gasteiger partial charge in [-0.2, -0.15) is 0 Å². The van der Waals surface area contributed by atoms with E-state index < -0.39 is 0 Å². The summed E-state index contributed by atoms with van der Waals surface area (Å²) in [5, 5.41) is 0.456. The Bertz CT molecular complexity index is 216. The van der Waals surface area contributed by atoms with Gasteiger partial charge in [0.25, 0.3) is 0 Å². The minimum absolute atomic E-state index is 0.141. The third-order valence-corrected chi connectivity index (χ3v) is 4.70. The van der Waals surface area contributed by atoms with Crippen molar-refractivity contribution in [2.75, 3.05) is 11.5 Å². The van der Waals surface area contributed by atoms with E-state index in [1.54, 1.807) is 18.7 Å². The number of rotatable bonds is 4. The van der Waals surface area contributed by atoms with Crippen molar-refractivity contribution < 1.29 is 9.59 Å². The maximum atomic E-state index is 11.5. The normalized spacial score (nSPS) is 23.2. The van der Waals surface area contributed by atoms with E-state index in [2.05, 4.69) is 0 Å². The van der Waals surface area contributed by atoms with Crippen LogP contribution in [0.15, 0.2) is 0 Å². The second-order valence-corrected chi connectivity index (χ2v) is 5.88. The van der Waals surface area contributed by atoms with Gasteiger partial charge in [-0.25, -0.2) is 0 Å². The first-order chi connectivity index (χ1) is 6.70. The quantitative estimate of drug-likeness (QED) is 0.746. The van der Waals surface area contributed by atoms with Crippen LogP contribution in [0.4, 0.5) is 0 Å². The molecule has 1 aliphatic heterocycles. The van der Waals surface area contributed by atoms with Crippen LogP contribution in [0.3, 0.4) is 0 Å². The highest BCUT2D eigenvalue weighted by Crippen LogP contribution is 2.28. The molecule has 1 heterocycles. The number of carbonyl (C=O) groups is 2. The Balaban J connectivity index is 2.26. The summed E-state index contributed by atoms with van der Waals surface area (Å²) in [6, 6.07) is 0. The molecule has 1 unspecified atom stereocenters. The van der Waals surface area contributed by atoms with E-state index in [-0.39, 0.29) is 11.0 Å². The van der Waals surface area contributed by atoms with E-state index >= 15 is 0 Å². The van der Waals surface area contributed by atoms with E-state index in [4.69, 9.17) is 0 Å². The largest absolute Gasteiger partial charge is 0.300 e. The molecule has 1 rings (SSSR count). The van der Waals surface area contributed by atoms with Crippen molar-refractivity contribution >= 4 is 34.4 Å². The predicted molar refractivity (Wildman–Crippen MR) is 62.9 cm³/mol. The van der Waals surface area contributed by atoms with Crippen molar-refractivity contribution in [1.82, 2.24) is 0 Å². The SMILES string of the molecule is CC(=O)CCCC1SCCCSC1=O. The fourth-order valence-electron chi connectivity index (χ4n) is 1.36. The van der Waals surface area contributed by atoms with Gasteiger partial charge in [-0.1, -0.05) is 11.8 Å². The molecule has 0 bridgehead atoms. The van der Waals surface area contributed by atoms with Gasteiger partial charge in [0.2, 0.25) is 5.12 Å². The third-order valence-electron chi connectivity index (χ3n) is 2.11. The van der Waals surface area contributed by atoms with Crippen LogP contribution in [0.1, 0.15) is 32.6 Å². The van der Waals surface area contributed by atoms with Gasteiger partial charge >= 0.3 is 0 Å². The molecule has 0 aromatic carbocycles. The Morgan fingerprint density at radius 3 is 3.00 bits per heavy atom. The van der Waals surface area contributed by atoms with Crippen LogP contribution in [0.5, 0.6) is 0 Å². The summed E-state index contributed by atoms with van der Waals surface area (Å²) in [7, 11) is 0. The summed E-state index contributed by atoms with van der Waals surface area (Å²) in [4.78, 5) is 22.3. The smallest absolute Gasteiger partial charge is 0.201 e. The first-order valence-electron chi connectivity index (χ1n) is 4.98. The molecule has 0 spiro atoms. The highest BCUT2D eigenvalue weighted by molar-refractivity contribution is 8.16. The van der Waals surface area contributed by atoms with Crippen LogP contribution in [0.2, 0.25) is 0 Å². The van der Waals surface area contributed by atoms with Crippen molar-refractivity contribution in [3.8, 4) is 0 Å². The zero-order valence-corrected chi connectivity index (χ0v) is 10.1. The molecule has 0 saturated carbocycles. The first-order valence-corrected chi connectivity index (χ1v) is 7.01. The third kappa shape index (κ3) is 4.51. The van der Waals surface area contributed by atoms with Gasteiger partial charge in [0.05, 0.1) is 5.25 Å². The molecule has 0 radical (unpaired) electrons. The highest BCUT2D eigenvalue weighted by Gasteiger charge is 2.21. The van der Waals surface area contributed by atoms with Gasteiger partial charge < -0.3 is 4.79 Å². The number of thioether (sulfide) groups is 2. The lowest BCUT2D eigenvalue weighted by atomic mass is 10.1. The fraction of sp³-hybridized carbons (Fsp3) is 0.800. The van der Waals surface area contributed by atoms with Crippen LogP contribution in [0, 0.1) is 0 Å². The molecule has 80 valence electrons. The first kappa shape index (κ1) is 12.1. The highest BCUT2D eigenvalue weighted by atomic mass is 32.2. The predicted octanol–water partition coefficient (Wildman–Crippen LogP) is 2.51. The van der Waals surface area contributed by atoms with Crippen molar-refractivity contribution in [1.29, 1.82) is 0 Å². The van der Waals surface area contributed by atoms with E-state index in [1.807, 2.05) is 0 Å². The van der Waals surface area contributed by atoms with E-state index in [0.717, 1.165) is 30.8 Å². The summed E-state index contributed by atoms with van der Waals surface area (Å²) in [6.07, 6.45) is 3.48. The van der Waals surface area contributed by atoms with E-state index in [1.165, 1.54) is 11.8 Å². The lowest BCUT2D eigenvalue weighted by molar-refractivity contribution is -0.117. The minimum atomic E-state index is 0.141. The number of carbonyl (C=O) groups excluding carboxylic acids is 2. The second kappa shape index (κ2) is 6.51. The number of hydrogen-bond acceptors (Lipinski definition) is 4. The average Bonchev–Trinajstić information content (AvgIpc) is 2.31. The summed E-state index contributed by atoms with van der Waals surface area (Å²) >= 11 is 3.22. The topological polar surface area (TPSA) is 34.1 Å². The van der Waals surface area contributed by atoms with Crippen LogP contribution in [0.25, 0.3) is 0 Å². The van der Waals surface area contributed by atoms with Crippen LogP contribution >= 0.6 is 23.5 Å². The Morgan fingerprint density at radius 2 is 2.29 bits per heavy atom. The molecule has 4 heteroatoms. The lowest BCUT2D eigenvalue weighted by Gasteiger charge is -2.10. The lowest BCUT2D eigenvalue weighted by Crippen LogP contribution is -2.13. The molecule has 0 amide bonds. The summed E-state index contributed by atoms with van der Waals surface area (Å²) in [6.45, 7) is 1.61. The second-order valence-electron chi connectivity index (χ2n) is 3.47. The fourth-order valence-corrected chi connectivity index (χ4v) is 3.81. The standard InChI is InChI=1S/C10H16O2S2/c1-8(11)4-2-5-9-10(12)14-7-3-6-13-9/h9H,2-7H2,1H3. The Kier molecular flexibility index (Phi) is 5.63. The summed E-state index contributed by atoms with van der Waals surface area (Å²) < 4.78 is 0. The van der Waals surface area contributed by atoms with Gasteiger partial charge in [0.1, 0.15) is 5.78 Å². The molecule has 1 atom stereocenters. The zero-order valence-electron chi connectivity index (χ0n) is 8.45. The number of ketones is 1. The van der Waals surface area contributed by atoms with Crippen molar-refractivity contribution in [2.24, 2.45) is 0 Å². The van der Waals surface area contributed by atoms with Gasteiger partial charge in [-0.3, -0.25) is 4.79 Å². The summed E-state index contributed by atoms with van der Waals surface area (Å²) in [5.74, 6) is 2.28. The van der Waals surface area contributed by atoms with Gasteiger partial charge in [-0.05, 0) is 31.9 Å². The summed E-state index contributed by atoms with van der Waals surface area (Å²) in [5.41, 5.74) is 0. The van der Waals surface area contributed by atoms with Gasteiger partial charge in [0.15, 0.2) is 0 Å². The van der Waals surface area contributed by atoms with E-state index in [0.29, 0.717) is 11.5 Å². The molecule has 0 aliphatic carbocycles. The monoisotopic (exact) mass is 232 g/mol. The molecule has 1 saturated heterocycles. The van der Waals surface area contributed by atoms with Crippen LogP contribution in [-0.4, -0.2) is 27.7 Å². The molecule has 0 N–H and O–H groups in total. The van der Waals surface area contributed by atoms with Crippen molar-refractivity contribution in [2.45, 2.75) is 37.9 Å². The van der Waals surface area contributed by atoms with Crippen molar-refractivity contribution in [3.63, 3.8) is 0 Å². The Labute approximate surface area is 93.6 Å². The average molecular weight is 232 g/mol. The van der Waals surface area contributed by atoms with Crippen LogP contribution < -0.4 is 0 Å². The van der Waals surface area contributed by atoms with Gasteiger partial charge in [0, 0.05) is 12.2 Å². The zero-order chi connectivity index (χ0) is 10.4. The number of Topliss-reactive ketones (excluding diaryl/α,β-unsaturated/α-hetero) is 1. The Hall–Kier alpha value is 0.0400. The van der Waals surface area contributed by atoms with E-state index in [9.17, 15) is 9.59 Å². The molecular formula is C10H16O2S2. The molecule has 14 heavy (non-hydrogen) atoms. The molecule has 0 aromatic heterocycles. The maximum Gasteiger partial charge on any atom is 0.201 e. The molecule has 1 fully saturated rings. The number of hydrogen-bond donors (Lipinski definition) is 0.